The fraction of sp³-hybridized carbons (Fsp3) is 0.667. The van der Waals surface area contributed by atoms with Crippen molar-refractivity contribution < 1.29 is 0 Å². The molecule has 1 nitrogen and oxygen atoms in total. The van der Waals surface area contributed by atoms with Crippen LogP contribution >= 0.6 is 0 Å². The second-order valence-electron chi connectivity index (χ2n) is 6.26. The predicted octanol–water partition coefficient (Wildman–Crippen LogP) is 4.64. The monoisotopic (exact) mass is 259 g/mol. The maximum absolute atomic E-state index is 3.67. The summed E-state index contributed by atoms with van der Waals surface area (Å²) in [5.41, 5.74) is 5.97. The molecule has 1 aliphatic carbocycles. The van der Waals surface area contributed by atoms with Gasteiger partial charge in [0.2, 0.25) is 0 Å². The minimum atomic E-state index is 0.721. The average molecular weight is 259 g/mol. The third kappa shape index (κ3) is 3.60. The summed E-state index contributed by atoms with van der Waals surface area (Å²) in [6, 6.07) is 5.54. The lowest BCUT2D eigenvalue weighted by molar-refractivity contribution is 0.448. The van der Waals surface area contributed by atoms with Gasteiger partial charge in [0.05, 0.1) is 0 Å². The van der Waals surface area contributed by atoms with E-state index in [4.69, 9.17) is 0 Å². The molecule has 0 aromatic heterocycles. The van der Waals surface area contributed by atoms with E-state index in [2.05, 4.69) is 45.1 Å². The Morgan fingerprint density at radius 1 is 1.00 bits per heavy atom. The minimum absolute atomic E-state index is 0.721. The number of nitrogens with one attached hydrogen (secondary N) is 1. The third-order valence-electron chi connectivity index (χ3n) is 4.74. The highest BCUT2D eigenvalue weighted by molar-refractivity contribution is 5.38. The van der Waals surface area contributed by atoms with E-state index in [9.17, 15) is 0 Å². The third-order valence-corrected chi connectivity index (χ3v) is 4.74. The molecule has 106 valence electrons. The maximum atomic E-state index is 3.67. The highest BCUT2D eigenvalue weighted by Gasteiger charge is 2.22. The van der Waals surface area contributed by atoms with Crippen LogP contribution in [0.15, 0.2) is 12.1 Å². The van der Waals surface area contributed by atoms with Gasteiger partial charge < -0.3 is 5.32 Å². The molecule has 2 unspecified atom stereocenters. The van der Waals surface area contributed by atoms with Gasteiger partial charge in [-0.1, -0.05) is 31.9 Å². The van der Waals surface area contributed by atoms with Gasteiger partial charge in [-0.3, -0.25) is 0 Å². The van der Waals surface area contributed by atoms with Crippen molar-refractivity contribution in [3.05, 3.63) is 34.4 Å². The van der Waals surface area contributed by atoms with E-state index in [1.165, 1.54) is 48.8 Å². The number of hydrogen-bond acceptors (Lipinski definition) is 1. The van der Waals surface area contributed by atoms with Crippen molar-refractivity contribution in [2.75, 3.05) is 6.54 Å². The quantitative estimate of drug-likeness (QED) is 0.780. The first kappa shape index (κ1) is 14.6. The van der Waals surface area contributed by atoms with Crippen molar-refractivity contribution in [1.82, 2.24) is 5.32 Å². The van der Waals surface area contributed by atoms with Crippen molar-refractivity contribution in [3.8, 4) is 0 Å². The molecule has 0 amide bonds. The highest BCUT2D eigenvalue weighted by atomic mass is 14.9. The highest BCUT2D eigenvalue weighted by Crippen LogP contribution is 2.34. The average Bonchev–Trinajstić information content (AvgIpc) is 2.60. The first-order chi connectivity index (χ1) is 9.11. The van der Waals surface area contributed by atoms with Gasteiger partial charge in [0.1, 0.15) is 0 Å². The van der Waals surface area contributed by atoms with Crippen LogP contribution in [0.3, 0.4) is 0 Å². The first-order valence-electron chi connectivity index (χ1n) is 7.93. The lowest BCUT2D eigenvalue weighted by Crippen LogP contribution is -2.29. The Labute approximate surface area is 118 Å². The van der Waals surface area contributed by atoms with E-state index < -0.39 is 0 Å². The molecule has 0 saturated heterocycles. The standard InChI is InChI=1S/C18H29N/c1-5-19-17-9-7-6-8-16(12-17)18-11-14(3)13(2)10-15(18)4/h10-11,16-17,19H,5-9,12H2,1-4H3. The lowest BCUT2D eigenvalue weighted by atomic mass is 9.85. The second-order valence-corrected chi connectivity index (χ2v) is 6.26. The number of rotatable bonds is 3. The van der Waals surface area contributed by atoms with Gasteiger partial charge in [0.15, 0.2) is 0 Å². The van der Waals surface area contributed by atoms with E-state index in [1.54, 1.807) is 5.56 Å². The van der Waals surface area contributed by atoms with Gasteiger partial charge in [0, 0.05) is 6.04 Å². The molecule has 2 rings (SSSR count). The molecule has 1 aromatic rings. The molecule has 0 aliphatic heterocycles. The Kier molecular flexibility index (Phi) is 5.04. The van der Waals surface area contributed by atoms with Crippen LogP contribution in [0.1, 0.15) is 67.2 Å². The zero-order valence-electron chi connectivity index (χ0n) is 13.1. The topological polar surface area (TPSA) is 12.0 Å². The fourth-order valence-corrected chi connectivity index (χ4v) is 3.54. The van der Waals surface area contributed by atoms with Gasteiger partial charge >= 0.3 is 0 Å². The molecule has 1 aromatic carbocycles. The van der Waals surface area contributed by atoms with Crippen LogP contribution in [0.5, 0.6) is 0 Å². The normalized spacial score (nSPS) is 24.2. The second kappa shape index (κ2) is 6.56. The molecule has 1 saturated carbocycles. The summed E-state index contributed by atoms with van der Waals surface area (Å²) in [4.78, 5) is 0. The van der Waals surface area contributed by atoms with Crippen LogP contribution in [-0.2, 0) is 0 Å². The lowest BCUT2D eigenvalue weighted by Gasteiger charge is -2.23. The molecule has 19 heavy (non-hydrogen) atoms. The van der Waals surface area contributed by atoms with Crippen LogP contribution < -0.4 is 5.32 Å². The molecule has 2 atom stereocenters. The summed E-state index contributed by atoms with van der Waals surface area (Å²) in [6.45, 7) is 10.1. The zero-order valence-corrected chi connectivity index (χ0v) is 13.1. The molecular weight excluding hydrogens is 230 g/mol. The molecule has 1 aliphatic rings. The molecule has 0 spiro atoms. The summed E-state index contributed by atoms with van der Waals surface area (Å²) in [7, 11) is 0. The van der Waals surface area contributed by atoms with Crippen LogP contribution in [0.25, 0.3) is 0 Å². The summed E-state index contributed by atoms with van der Waals surface area (Å²) in [5.74, 6) is 0.755. The predicted molar refractivity (Wildman–Crippen MR) is 83.9 cm³/mol. The van der Waals surface area contributed by atoms with E-state index in [0.717, 1.165) is 18.5 Å². The van der Waals surface area contributed by atoms with Crippen molar-refractivity contribution >= 4 is 0 Å². The summed E-state index contributed by atoms with van der Waals surface area (Å²) in [5, 5.41) is 3.67. The Bertz CT molecular complexity index is 422. The summed E-state index contributed by atoms with van der Waals surface area (Å²) >= 11 is 0. The van der Waals surface area contributed by atoms with Crippen molar-refractivity contribution in [3.63, 3.8) is 0 Å². The number of hydrogen-bond donors (Lipinski definition) is 1. The van der Waals surface area contributed by atoms with Crippen LogP contribution in [0, 0.1) is 20.8 Å². The number of aryl methyl sites for hydroxylation is 3. The largest absolute Gasteiger partial charge is 0.314 e. The van der Waals surface area contributed by atoms with Crippen molar-refractivity contribution in [1.29, 1.82) is 0 Å². The molecule has 0 heterocycles. The Morgan fingerprint density at radius 3 is 2.42 bits per heavy atom. The molecule has 1 N–H and O–H groups in total. The fourth-order valence-electron chi connectivity index (χ4n) is 3.54. The maximum Gasteiger partial charge on any atom is 0.00727 e. The molecule has 0 bridgehead atoms. The van der Waals surface area contributed by atoms with Crippen molar-refractivity contribution in [2.24, 2.45) is 0 Å². The number of benzene rings is 1. The molecule has 0 radical (unpaired) electrons. The summed E-state index contributed by atoms with van der Waals surface area (Å²) < 4.78 is 0. The van der Waals surface area contributed by atoms with Gasteiger partial charge in [-0.25, -0.2) is 0 Å². The Morgan fingerprint density at radius 2 is 1.68 bits per heavy atom. The van der Waals surface area contributed by atoms with E-state index in [0.29, 0.717) is 0 Å². The molecule has 1 heteroatoms. The minimum Gasteiger partial charge on any atom is -0.314 e. The SMILES string of the molecule is CCNC1CCCCC(c2cc(C)c(C)cc2C)C1. The first-order valence-corrected chi connectivity index (χ1v) is 7.93. The van der Waals surface area contributed by atoms with E-state index in [1.807, 2.05) is 0 Å². The Hall–Kier alpha value is -0.820. The van der Waals surface area contributed by atoms with Gasteiger partial charge in [-0.05, 0) is 74.8 Å². The van der Waals surface area contributed by atoms with E-state index in [-0.39, 0.29) is 0 Å². The Balaban J connectivity index is 2.21. The molecular formula is C18H29N. The smallest absolute Gasteiger partial charge is 0.00727 e. The zero-order chi connectivity index (χ0) is 13.8. The van der Waals surface area contributed by atoms with Crippen molar-refractivity contribution in [2.45, 2.75) is 71.8 Å². The van der Waals surface area contributed by atoms with Gasteiger partial charge in [0.25, 0.3) is 0 Å². The van der Waals surface area contributed by atoms with Gasteiger partial charge in [-0.15, -0.1) is 0 Å². The molecule has 1 fully saturated rings. The van der Waals surface area contributed by atoms with E-state index >= 15 is 0 Å². The van der Waals surface area contributed by atoms with Gasteiger partial charge in [-0.2, -0.15) is 0 Å². The van der Waals surface area contributed by atoms with Crippen LogP contribution in [-0.4, -0.2) is 12.6 Å². The van der Waals surface area contributed by atoms with Crippen LogP contribution in [0.4, 0.5) is 0 Å². The van der Waals surface area contributed by atoms with Crippen LogP contribution in [0.2, 0.25) is 0 Å². The summed E-state index contributed by atoms with van der Waals surface area (Å²) in [6.07, 6.45) is 6.81.